The molecule has 208 valence electrons. The Balaban J connectivity index is 1.16. The van der Waals surface area contributed by atoms with Crippen LogP contribution in [0.25, 0.3) is 11.2 Å². The monoisotopic (exact) mass is 551 g/mol. The van der Waals surface area contributed by atoms with Crippen LogP contribution in [0.4, 0.5) is 22.2 Å². The number of hydrogen-bond donors (Lipinski definition) is 4. The van der Waals surface area contributed by atoms with Crippen LogP contribution in [0.2, 0.25) is 5.02 Å². The predicted octanol–water partition coefficient (Wildman–Crippen LogP) is 5.39. The second-order valence-electron chi connectivity index (χ2n) is 11.3. The fourth-order valence-corrected chi connectivity index (χ4v) is 6.36. The lowest BCUT2D eigenvalue weighted by atomic mass is 9.92. The number of fused-ring (bicyclic) bond motifs is 1. The van der Waals surface area contributed by atoms with E-state index < -0.39 is 0 Å². The van der Waals surface area contributed by atoms with Crippen LogP contribution in [-0.4, -0.2) is 61.7 Å². The summed E-state index contributed by atoms with van der Waals surface area (Å²) >= 11 is 6.06. The van der Waals surface area contributed by atoms with Gasteiger partial charge in [-0.05, 0) is 69.6 Å². The van der Waals surface area contributed by atoms with Gasteiger partial charge in [0.2, 0.25) is 5.95 Å². The number of rotatable bonds is 6. The summed E-state index contributed by atoms with van der Waals surface area (Å²) in [7, 11) is 0. The van der Waals surface area contributed by atoms with E-state index in [1.165, 1.54) is 12.8 Å². The maximum absolute atomic E-state index is 12.8. The first-order valence-electron chi connectivity index (χ1n) is 14.4. The molecule has 0 bridgehead atoms. The second-order valence-corrected chi connectivity index (χ2v) is 11.7. The number of carbonyl (C=O) groups is 1. The molecular weight excluding hydrogens is 514 g/mol. The molecule has 3 heterocycles. The number of benzene rings is 1. The molecule has 2 amide bonds. The normalized spacial score (nSPS) is 22.8. The maximum atomic E-state index is 12.8. The molecule has 0 atom stereocenters. The van der Waals surface area contributed by atoms with Crippen molar-refractivity contribution in [3.8, 4) is 0 Å². The zero-order chi connectivity index (χ0) is 26.8. The van der Waals surface area contributed by atoms with Gasteiger partial charge in [0.25, 0.3) is 0 Å². The largest absolute Gasteiger partial charge is 0.365 e. The number of hydrogen-bond acceptors (Lipinski definition) is 7. The van der Waals surface area contributed by atoms with Crippen molar-refractivity contribution in [3.63, 3.8) is 0 Å². The summed E-state index contributed by atoms with van der Waals surface area (Å²) in [6.07, 6.45) is 12.5. The Morgan fingerprint density at radius 1 is 0.949 bits per heavy atom. The van der Waals surface area contributed by atoms with Crippen molar-refractivity contribution in [2.45, 2.75) is 88.4 Å². The zero-order valence-corrected chi connectivity index (χ0v) is 23.0. The van der Waals surface area contributed by atoms with Crippen LogP contribution in [0.15, 0.2) is 30.6 Å². The molecule has 1 aromatic carbocycles. The van der Waals surface area contributed by atoms with Crippen LogP contribution in [0.1, 0.15) is 70.3 Å². The van der Waals surface area contributed by atoms with Crippen molar-refractivity contribution < 1.29 is 4.79 Å². The van der Waals surface area contributed by atoms with Gasteiger partial charge in [0.1, 0.15) is 0 Å². The summed E-state index contributed by atoms with van der Waals surface area (Å²) in [6.45, 7) is 1.31. The third-order valence-corrected chi connectivity index (χ3v) is 8.68. The van der Waals surface area contributed by atoms with Crippen molar-refractivity contribution in [1.82, 2.24) is 24.4 Å². The van der Waals surface area contributed by atoms with Gasteiger partial charge in [-0.2, -0.15) is 9.97 Å². The molecule has 0 spiro atoms. The third kappa shape index (κ3) is 6.06. The van der Waals surface area contributed by atoms with Crippen molar-refractivity contribution in [3.05, 3.63) is 35.6 Å². The Morgan fingerprint density at radius 2 is 1.69 bits per heavy atom. The number of imidazole rings is 1. The fraction of sp³-hybridized carbons (Fsp3) is 0.571. The van der Waals surface area contributed by atoms with Crippen molar-refractivity contribution in [1.29, 1.82) is 0 Å². The van der Waals surface area contributed by atoms with Gasteiger partial charge in [-0.1, -0.05) is 30.5 Å². The van der Waals surface area contributed by atoms with E-state index in [1.54, 1.807) is 12.1 Å². The van der Waals surface area contributed by atoms with Gasteiger partial charge in [-0.25, -0.2) is 9.78 Å². The van der Waals surface area contributed by atoms with Gasteiger partial charge in [0, 0.05) is 48.0 Å². The molecule has 3 aliphatic rings. The highest BCUT2D eigenvalue weighted by Gasteiger charge is 2.27. The van der Waals surface area contributed by atoms with E-state index >= 15 is 0 Å². The lowest BCUT2D eigenvalue weighted by molar-refractivity contribution is 0.197. The average molecular weight is 552 g/mol. The molecule has 1 aliphatic heterocycles. The highest BCUT2D eigenvalue weighted by molar-refractivity contribution is 6.30. The number of amides is 2. The Morgan fingerprint density at radius 3 is 2.44 bits per heavy atom. The van der Waals surface area contributed by atoms with Crippen molar-refractivity contribution in [2.75, 3.05) is 29.0 Å². The number of anilines is 3. The van der Waals surface area contributed by atoms with E-state index in [4.69, 9.17) is 32.3 Å². The van der Waals surface area contributed by atoms with Crippen LogP contribution in [0, 0.1) is 0 Å². The fourth-order valence-electron chi connectivity index (χ4n) is 6.17. The molecule has 3 aromatic rings. The summed E-state index contributed by atoms with van der Waals surface area (Å²) in [5, 5.41) is 10.8. The van der Waals surface area contributed by atoms with Crippen LogP contribution in [-0.2, 0) is 0 Å². The lowest BCUT2D eigenvalue weighted by Gasteiger charge is -2.32. The number of likely N-dealkylation sites (tertiary alicyclic amines) is 1. The van der Waals surface area contributed by atoms with E-state index in [-0.39, 0.29) is 12.1 Å². The first-order valence-corrected chi connectivity index (χ1v) is 14.7. The Labute approximate surface area is 234 Å². The molecule has 2 saturated carbocycles. The van der Waals surface area contributed by atoms with Gasteiger partial charge < -0.3 is 31.2 Å². The molecule has 2 aliphatic carbocycles. The molecule has 6 rings (SSSR count). The number of nitrogens with two attached hydrogens (primary N) is 1. The summed E-state index contributed by atoms with van der Waals surface area (Å²) < 4.78 is 2.25. The number of nitrogens with one attached hydrogen (secondary N) is 3. The first-order chi connectivity index (χ1) is 19.0. The molecule has 0 unspecified atom stereocenters. The van der Waals surface area contributed by atoms with Gasteiger partial charge in [0.05, 0.1) is 6.33 Å². The summed E-state index contributed by atoms with van der Waals surface area (Å²) in [6, 6.07) is 8.38. The SMILES string of the molecule is NC1CCC(Nc2nc(NC3CCN(C(=O)Nc4cccc(Cl)c4)CC3)c3ncn(C4CCCC4)c3n2)CC1. The quantitative estimate of drug-likeness (QED) is 0.324. The van der Waals surface area contributed by atoms with Crippen LogP contribution >= 0.6 is 11.6 Å². The number of halogens is 1. The smallest absolute Gasteiger partial charge is 0.321 e. The van der Waals surface area contributed by atoms with E-state index in [1.807, 2.05) is 23.4 Å². The van der Waals surface area contributed by atoms with Gasteiger partial charge in [0.15, 0.2) is 17.0 Å². The molecule has 0 radical (unpaired) electrons. The van der Waals surface area contributed by atoms with Gasteiger partial charge in [-0.3, -0.25) is 0 Å². The highest BCUT2D eigenvalue weighted by Crippen LogP contribution is 2.34. The topological polar surface area (TPSA) is 126 Å². The molecule has 5 N–H and O–H groups in total. The van der Waals surface area contributed by atoms with E-state index in [9.17, 15) is 4.79 Å². The second kappa shape index (κ2) is 11.6. The van der Waals surface area contributed by atoms with Gasteiger partial charge in [-0.15, -0.1) is 0 Å². The molecule has 3 fully saturated rings. The van der Waals surface area contributed by atoms with Crippen LogP contribution < -0.4 is 21.7 Å². The Kier molecular flexibility index (Phi) is 7.74. The van der Waals surface area contributed by atoms with Crippen LogP contribution in [0.3, 0.4) is 0 Å². The number of urea groups is 1. The Bertz CT molecular complexity index is 1290. The number of carbonyl (C=O) groups excluding carboxylic acids is 1. The summed E-state index contributed by atoms with van der Waals surface area (Å²) in [4.78, 5) is 29.3. The summed E-state index contributed by atoms with van der Waals surface area (Å²) in [5.74, 6) is 1.43. The third-order valence-electron chi connectivity index (χ3n) is 8.44. The van der Waals surface area contributed by atoms with Crippen molar-refractivity contribution >= 4 is 46.2 Å². The number of aromatic nitrogens is 4. The minimum absolute atomic E-state index is 0.103. The minimum Gasteiger partial charge on any atom is -0.365 e. The zero-order valence-electron chi connectivity index (χ0n) is 22.3. The minimum atomic E-state index is -0.103. The molecule has 11 heteroatoms. The predicted molar refractivity (Wildman–Crippen MR) is 155 cm³/mol. The first kappa shape index (κ1) is 26.1. The summed E-state index contributed by atoms with van der Waals surface area (Å²) in [5.41, 5.74) is 8.54. The molecule has 10 nitrogen and oxygen atoms in total. The average Bonchev–Trinajstić information content (AvgIpc) is 3.61. The van der Waals surface area contributed by atoms with E-state index in [0.717, 1.165) is 68.3 Å². The Hall–Kier alpha value is -3.11. The molecule has 39 heavy (non-hydrogen) atoms. The molecular formula is C28H38ClN9O. The highest BCUT2D eigenvalue weighted by atomic mass is 35.5. The number of nitrogens with zero attached hydrogens (tertiary/aromatic N) is 5. The van der Waals surface area contributed by atoms with Crippen LogP contribution in [0.5, 0.6) is 0 Å². The number of piperidine rings is 1. The molecule has 2 aromatic heterocycles. The van der Waals surface area contributed by atoms with Gasteiger partial charge >= 0.3 is 6.03 Å². The van der Waals surface area contributed by atoms with E-state index in [0.29, 0.717) is 47.9 Å². The lowest BCUT2D eigenvalue weighted by Crippen LogP contribution is -2.44. The maximum Gasteiger partial charge on any atom is 0.321 e. The van der Waals surface area contributed by atoms with Crippen molar-refractivity contribution in [2.24, 2.45) is 5.73 Å². The molecule has 1 saturated heterocycles. The standard InChI is InChI=1S/C28H38ClN9O/c29-18-4-3-5-22(16-18)34-28(39)37-14-12-21(13-15-37)32-25-24-26(38(17-31-24)23-6-1-2-7-23)36-27(35-25)33-20-10-8-19(30)9-11-20/h3-5,16-17,19-21,23H,1-2,6-15,30H2,(H,34,39)(H2,32,33,35,36). The van der Waals surface area contributed by atoms with E-state index in [2.05, 4.69) is 20.5 Å².